The van der Waals surface area contributed by atoms with Crippen molar-refractivity contribution in [3.63, 3.8) is 0 Å². The second kappa shape index (κ2) is 7.41. The summed E-state index contributed by atoms with van der Waals surface area (Å²) in [5, 5.41) is 0.542. The lowest BCUT2D eigenvalue weighted by Gasteiger charge is -2.25. The molecule has 0 aromatic heterocycles. The molecule has 0 spiro atoms. The largest absolute Gasteiger partial charge is 0.324 e. The number of halogens is 1. The Morgan fingerprint density at radius 1 is 1.33 bits per heavy atom. The van der Waals surface area contributed by atoms with E-state index in [4.69, 9.17) is 19.4 Å². The van der Waals surface area contributed by atoms with Crippen LogP contribution in [0.3, 0.4) is 0 Å². The van der Waals surface area contributed by atoms with E-state index in [1.807, 2.05) is 6.07 Å². The lowest BCUT2D eigenvalue weighted by atomic mass is 10.4. The van der Waals surface area contributed by atoms with Gasteiger partial charge in [0, 0.05) is 16.0 Å². The molecule has 3 unspecified atom stereocenters. The minimum absolute atomic E-state index is 0.279. The van der Waals surface area contributed by atoms with Crippen LogP contribution < -0.4 is 5.30 Å². The summed E-state index contributed by atoms with van der Waals surface area (Å²) < 4.78 is 34.3. The highest BCUT2D eigenvalue weighted by Gasteiger charge is 2.37. The van der Waals surface area contributed by atoms with Crippen molar-refractivity contribution in [3.8, 4) is 0 Å². The van der Waals surface area contributed by atoms with Crippen LogP contribution in [0.25, 0.3) is 0 Å². The van der Waals surface area contributed by atoms with Gasteiger partial charge in [-0.1, -0.05) is 25.1 Å². The molecule has 0 fully saturated rings. The van der Waals surface area contributed by atoms with Crippen LogP contribution in [0.2, 0.25) is 0 Å². The van der Waals surface area contributed by atoms with Gasteiger partial charge in [-0.3, -0.25) is 8.75 Å². The fourth-order valence-corrected chi connectivity index (χ4v) is 5.12. The minimum Gasteiger partial charge on any atom is -0.324 e. The van der Waals surface area contributed by atoms with E-state index in [2.05, 4.69) is 0 Å². The van der Waals surface area contributed by atoms with Gasteiger partial charge in [-0.15, -0.1) is 0 Å². The fourth-order valence-electron chi connectivity index (χ4n) is 1.60. The van der Waals surface area contributed by atoms with Crippen LogP contribution in [0.5, 0.6) is 0 Å². The van der Waals surface area contributed by atoms with Gasteiger partial charge < -0.3 is 4.52 Å². The molecule has 0 radical (unpaired) electrons. The lowest BCUT2D eigenvalue weighted by molar-refractivity contribution is 0.252. The molecular formula is C11H16ClO4PS. The monoisotopic (exact) mass is 310 g/mol. The summed E-state index contributed by atoms with van der Waals surface area (Å²) in [4.78, 5) is 0. The lowest BCUT2D eigenvalue weighted by Crippen LogP contribution is -2.22. The van der Waals surface area contributed by atoms with Crippen LogP contribution in [0.15, 0.2) is 30.3 Å². The minimum atomic E-state index is -3.24. The van der Waals surface area contributed by atoms with E-state index in [1.165, 1.54) is 0 Å². The van der Waals surface area contributed by atoms with E-state index >= 15 is 0 Å². The first-order valence-electron chi connectivity index (χ1n) is 5.59. The van der Waals surface area contributed by atoms with Crippen molar-refractivity contribution in [1.29, 1.82) is 0 Å². The third kappa shape index (κ3) is 3.90. The molecule has 3 atom stereocenters. The molecule has 0 amide bonds. The van der Waals surface area contributed by atoms with E-state index in [1.54, 1.807) is 38.1 Å². The van der Waals surface area contributed by atoms with Gasteiger partial charge >= 0.3 is 0 Å². The van der Waals surface area contributed by atoms with Crippen molar-refractivity contribution in [2.45, 2.75) is 26.1 Å². The first kappa shape index (κ1) is 15.9. The first-order valence-corrected chi connectivity index (χ1v) is 9.19. The molecule has 1 aromatic rings. The number of hydrogen-bond acceptors (Lipinski definition) is 4. The Labute approximate surface area is 114 Å². The highest BCUT2D eigenvalue weighted by Crippen LogP contribution is 2.52. The SMILES string of the molecule is CCOP(=O)(c1ccccc1)C(CC)OS(=O)Cl. The maximum Gasteiger partial charge on any atom is 0.261 e. The molecule has 0 aliphatic heterocycles. The van der Waals surface area contributed by atoms with E-state index < -0.39 is 23.5 Å². The third-order valence-corrected chi connectivity index (χ3v) is 5.99. The summed E-state index contributed by atoms with van der Waals surface area (Å²) in [5.41, 5.74) is 0. The molecule has 0 aliphatic rings. The molecule has 18 heavy (non-hydrogen) atoms. The van der Waals surface area contributed by atoms with Gasteiger partial charge in [-0.2, -0.15) is 0 Å². The Morgan fingerprint density at radius 2 is 1.94 bits per heavy atom. The summed E-state index contributed by atoms with van der Waals surface area (Å²) in [7, 11) is 0.0835. The van der Waals surface area contributed by atoms with Crippen molar-refractivity contribution in [3.05, 3.63) is 30.3 Å². The van der Waals surface area contributed by atoms with E-state index in [0.717, 1.165) is 0 Å². The number of benzene rings is 1. The predicted molar refractivity (Wildman–Crippen MR) is 74.5 cm³/mol. The zero-order valence-electron chi connectivity index (χ0n) is 10.2. The molecule has 0 N–H and O–H groups in total. The molecule has 1 aromatic carbocycles. The quantitative estimate of drug-likeness (QED) is 0.573. The smallest absolute Gasteiger partial charge is 0.261 e. The molecule has 0 aliphatic carbocycles. The summed E-state index contributed by atoms with van der Waals surface area (Å²) in [5.74, 6) is -0.807. The summed E-state index contributed by atoms with van der Waals surface area (Å²) in [6, 6.07) is 8.78. The maximum atomic E-state index is 12.9. The molecule has 4 nitrogen and oxygen atoms in total. The molecule has 0 saturated heterocycles. The van der Waals surface area contributed by atoms with Crippen LogP contribution in [0, 0.1) is 0 Å². The Hall–Kier alpha value is -0.190. The average molecular weight is 311 g/mol. The van der Waals surface area contributed by atoms with Gasteiger partial charge in [0.2, 0.25) is 0 Å². The molecule has 1 rings (SSSR count). The van der Waals surface area contributed by atoms with Crippen LogP contribution in [0.4, 0.5) is 0 Å². The van der Waals surface area contributed by atoms with Crippen LogP contribution in [0.1, 0.15) is 20.3 Å². The molecule has 0 heterocycles. The van der Waals surface area contributed by atoms with Gasteiger partial charge in [0.1, 0.15) is 0 Å². The predicted octanol–water partition coefficient (Wildman–Crippen LogP) is 3.20. The van der Waals surface area contributed by atoms with Gasteiger partial charge in [-0.05, 0) is 25.5 Å². The second-order valence-electron chi connectivity index (χ2n) is 3.50. The Bertz CT molecular complexity index is 440. The first-order chi connectivity index (χ1) is 8.54. The zero-order chi connectivity index (χ0) is 13.6. The average Bonchev–Trinajstić information content (AvgIpc) is 2.37. The molecule has 7 heteroatoms. The summed E-state index contributed by atoms with van der Waals surface area (Å²) in [6.45, 7) is 3.81. The summed E-state index contributed by atoms with van der Waals surface area (Å²) in [6.07, 6.45) is 0.393. The summed E-state index contributed by atoms with van der Waals surface area (Å²) >= 11 is 0. The molecular weight excluding hydrogens is 295 g/mol. The van der Waals surface area contributed by atoms with Crippen molar-refractivity contribution >= 4 is 33.6 Å². The van der Waals surface area contributed by atoms with Crippen LogP contribution in [-0.4, -0.2) is 16.7 Å². The Kier molecular flexibility index (Phi) is 6.53. The molecule has 102 valence electrons. The highest BCUT2D eigenvalue weighted by molar-refractivity contribution is 8.04. The van der Waals surface area contributed by atoms with Crippen LogP contribution in [-0.2, 0) is 23.6 Å². The van der Waals surface area contributed by atoms with E-state index in [9.17, 15) is 8.77 Å². The second-order valence-corrected chi connectivity index (χ2v) is 7.38. The van der Waals surface area contributed by atoms with Gasteiger partial charge in [0.15, 0.2) is 5.85 Å². The zero-order valence-corrected chi connectivity index (χ0v) is 12.7. The number of rotatable bonds is 7. The maximum absolute atomic E-state index is 12.9. The standard InChI is InChI=1S/C11H16ClO4PS/c1-3-11(16-18(12)14)17(13,15-4-2)10-8-6-5-7-9-10/h5-9,11H,3-4H2,1-2H3. The van der Waals surface area contributed by atoms with Gasteiger partial charge in [-0.25, -0.2) is 4.21 Å². The van der Waals surface area contributed by atoms with Crippen molar-refractivity contribution < 1.29 is 17.5 Å². The van der Waals surface area contributed by atoms with Crippen molar-refractivity contribution in [1.82, 2.24) is 0 Å². The molecule has 0 bridgehead atoms. The van der Waals surface area contributed by atoms with Crippen molar-refractivity contribution in [2.24, 2.45) is 0 Å². The van der Waals surface area contributed by atoms with Gasteiger partial charge in [0.05, 0.1) is 6.61 Å². The van der Waals surface area contributed by atoms with E-state index in [-0.39, 0.29) is 6.61 Å². The Balaban J connectivity index is 3.13. The van der Waals surface area contributed by atoms with Gasteiger partial charge in [0.25, 0.3) is 17.7 Å². The highest BCUT2D eigenvalue weighted by atomic mass is 35.7. The number of hydrogen-bond donors (Lipinski definition) is 0. The fraction of sp³-hybridized carbons (Fsp3) is 0.455. The van der Waals surface area contributed by atoms with Crippen molar-refractivity contribution in [2.75, 3.05) is 6.61 Å². The Morgan fingerprint density at radius 3 is 2.39 bits per heavy atom. The third-order valence-electron chi connectivity index (χ3n) is 2.35. The van der Waals surface area contributed by atoms with Crippen LogP contribution >= 0.6 is 18.1 Å². The van der Waals surface area contributed by atoms with E-state index in [0.29, 0.717) is 11.7 Å². The normalized spacial score (nSPS) is 17.9. The topological polar surface area (TPSA) is 52.6 Å². The molecule has 0 saturated carbocycles.